The first kappa shape index (κ1) is 16.5. The van der Waals surface area contributed by atoms with Gasteiger partial charge in [0.05, 0.1) is 17.5 Å². The van der Waals surface area contributed by atoms with Gasteiger partial charge in [-0.05, 0) is 45.2 Å². The maximum Gasteiger partial charge on any atom is 0.261 e. The van der Waals surface area contributed by atoms with Gasteiger partial charge in [-0.2, -0.15) is 0 Å². The number of nitrogens with one attached hydrogen (secondary N) is 1. The minimum absolute atomic E-state index is 0.116. The molecule has 0 aliphatic carbocycles. The monoisotopic (exact) mass is 330 g/mol. The molecule has 1 aliphatic heterocycles. The number of aryl methyl sites for hydroxylation is 2. The van der Waals surface area contributed by atoms with Gasteiger partial charge in [0, 0.05) is 6.61 Å². The van der Waals surface area contributed by atoms with Gasteiger partial charge in [0.25, 0.3) is 5.91 Å². The summed E-state index contributed by atoms with van der Waals surface area (Å²) in [6.07, 6.45) is 3.40. The lowest BCUT2D eigenvalue weighted by Gasteiger charge is -2.23. The molecule has 2 aromatic rings. The van der Waals surface area contributed by atoms with Crippen molar-refractivity contribution in [2.75, 3.05) is 18.5 Å². The van der Waals surface area contributed by atoms with Crippen LogP contribution in [0, 0.1) is 13.8 Å². The van der Waals surface area contributed by atoms with Crippen LogP contribution in [0.25, 0.3) is 0 Å². The second kappa shape index (κ2) is 7.49. The molecule has 1 amide bonds. The maximum atomic E-state index is 12.5. The van der Waals surface area contributed by atoms with Crippen LogP contribution in [0.4, 0.5) is 5.69 Å². The van der Waals surface area contributed by atoms with Crippen molar-refractivity contribution >= 4 is 11.6 Å². The molecule has 3 rings (SSSR count). The van der Waals surface area contributed by atoms with E-state index in [0.717, 1.165) is 19.4 Å². The van der Waals surface area contributed by atoms with Gasteiger partial charge in [0.15, 0.2) is 0 Å². The number of anilines is 1. The van der Waals surface area contributed by atoms with Gasteiger partial charge in [0.2, 0.25) is 0 Å². The fourth-order valence-electron chi connectivity index (χ4n) is 2.81. The highest BCUT2D eigenvalue weighted by molar-refractivity contribution is 6.06. The van der Waals surface area contributed by atoms with Crippen LogP contribution in [0.1, 0.15) is 41.1 Å². The molecule has 0 unspecified atom stereocenters. The Bertz CT molecular complexity index is 685. The number of rotatable bonds is 5. The number of amides is 1. The van der Waals surface area contributed by atoms with E-state index in [2.05, 4.69) is 10.5 Å². The van der Waals surface area contributed by atoms with E-state index >= 15 is 0 Å². The predicted molar refractivity (Wildman–Crippen MR) is 89.5 cm³/mol. The average Bonchev–Trinajstić information content (AvgIpc) is 2.93. The van der Waals surface area contributed by atoms with Gasteiger partial charge in [0.1, 0.15) is 23.7 Å². The van der Waals surface area contributed by atoms with Gasteiger partial charge in [-0.25, -0.2) is 0 Å². The molecule has 0 bridgehead atoms. The van der Waals surface area contributed by atoms with Crippen molar-refractivity contribution in [1.82, 2.24) is 5.16 Å². The van der Waals surface area contributed by atoms with E-state index in [0.29, 0.717) is 35.1 Å². The number of carbonyl (C=O) groups is 1. The minimum Gasteiger partial charge on any atom is -0.489 e. The molecule has 24 heavy (non-hydrogen) atoms. The number of carbonyl (C=O) groups excluding carboxylic acids is 1. The standard InChI is InChI=1S/C18H22N2O4/c1-12-17(13(2)24-20-12)18(21)19-15-8-3-4-9-16(15)23-11-14-7-5-6-10-22-14/h3-4,8-9,14H,5-7,10-11H2,1-2H3,(H,19,21)/t14-/m0/s1. The molecule has 6 heteroatoms. The van der Waals surface area contributed by atoms with Crippen LogP contribution in [0.2, 0.25) is 0 Å². The summed E-state index contributed by atoms with van der Waals surface area (Å²) in [5.74, 6) is 0.877. The molecule has 1 N–H and O–H groups in total. The SMILES string of the molecule is Cc1noc(C)c1C(=O)Nc1ccccc1OC[C@@H]1CCCCO1. The van der Waals surface area contributed by atoms with Crippen LogP contribution in [0.3, 0.4) is 0 Å². The van der Waals surface area contributed by atoms with Crippen molar-refractivity contribution in [1.29, 1.82) is 0 Å². The second-order valence-electron chi connectivity index (χ2n) is 5.95. The Hall–Kier alpha value is -2.34. The van der Waals surface area contributed by atoms with E-state index in [1.165, 1.54) is 6.42 Å². The van der Waals surface area contributed by atoms with Crippen LogP contribution in [-0.4, -0.2) is 30.4 Å². The predicted octanol–water partition coefficient (Wildman–Crippen LogP) is 3.49. The second-order valence-corrected chi connectivity index (χ2v) is 5.95. The van der Waals surface area contributed by atoms with Gasteiger partial charge < -0.3 is 19.3 Å². The summed E-state index contributed by atoms with van der Waals surface area (Å²) < 4.78 is 16.6. The fraction of sp³-hybridized carbons (Fsp3) is 0.444. The molecule has 1 aromatic carbocycles. The Morgan fingerprint density at radius 3 is 2.88 bits per heavy atom. The number of para-hydroxylation sites is 2. The lowest BCUT2D eigenvalue weighted by molar-refractivity contribution is -0.0109. The molecular weight excluding hydrogens is 308 g/mol. The molecule has 6 nitrogen and oxygen atoms in total. The van der Waals surface area contributed by atoms with Gasteiger partial charge >= 0.3 is 0 Å². The van der Waals surface area contributed by atoms with Crippen LogP contribution in [0.15, 0.2) is 28.8 Å². The lowest BCUT2D eigenvalue weighted by atomic mass is 10.1. The Balaban J connectivity index is 1.68. The number of aromatic nitrogens is 1. The van der Waals surface area contributed by atoms with E-state index < -0.39 is 0 Å². The van der Waals surface area contributed by atoms with Crippen LogP contribution < -0.4 is 10.1 Å². The summed E-state index contributed by atoms with van der Waals surface area (Å²) in [5, 5.41) is 6.69. The third kappa shape index (κ3) is 3.76. The van der Waals surface area contributed by atoms with E-state index in [1.807, 2.05) is 24.3 Å². The zero-order valence-electron chi connectivity index (χ0n) is 14.0. The van der Waals surface area contributed by atoms with Crippen molar-refractivity contribution in [3.05, 3.63) is 41.3 Å². The zero-order chi connectivity index (χ0) is 16.9. The van der Waals surface area contributed by atoms with E-state index in [-0.39, 0.29) is 12.0 Å². The van der Waals surface area contributed by atoms with Gasteiger partial charge in [-0.3, -0.25) is 4.79 Å². The summed E-state index contributed by atoms with van der Waals surface area (Å²) in [7, 11) is 0. The molecule has 0 saturated carbocycles. The van der Waals surface area contributed by atoms with Gasteiger partial charge in [-0.1, -0.05) is 17.3 Å². The van der Waals surface area contributed by atoms with E-state index in [4.69, 9.17) is 14.0 Å². The topological polar surface area (TPSA) is 73.6 Å². The van der Waals surface area contributed by atoms with E-state index in [9.17, 15) is 4.79 Å². The summed E-state index contributed by atoms with van der Waals surface area (Å²) in [5.41, 5.74) is 1.65. The molecule has 0 spiro atoms. The Morgan fingerprint density at radius 2 is 2.17 bits per heavy atom. The summed E-state index contributed by atoms with van der Waals surface area (Å²) in [4.78, 5) is 12.5. The molecule has 1 saturated heterocycles. The summed E-state index contributed by atoms with van der Waals surface area (Å²) in [6, 6.07) is 7.38. The van der Waals surface area contributed by atoms with Crippen molar-refractivity contribution < 1.29 is 18.8 Å². The maximum absolute atomic E-state index is 12.5. The molecule has 1 aliphatic rings. The molecule has 1 aromatic heterocycles. The number of ether oxygens (including phenoxy) is 2. The lowest BCUT2D eigenvalue weighted by Crippen LogP contribution is -2.26. The van der Waals surface area contributed by atoms with Crippen molar-refractivity contribution in [3.63, 3.8) is 0 Å². The Morgan fingerprint density at radius 1 is 1.33 bits per heavy atom. The number of hydrogen-bond acceptors (Lipinski definition) is 5. The molecule has 128 valence electrons. The third-order valence-corrected chi connectivity index (χ3v) is 4.09. The van der Waals surface area contributed by atoms with E-state index in [1.54, 1.807) is 13.8 Å². The van der Waals surface area contributed by atoms with Crippen LogP contribution in [0.5, 0.6) is 5.75 Å². The highest BCUT2D eigenvalue weighted by Gasteiger charge is 2.19. The summed E-state index contributed by atoms with van der Waals surface area (Å²) >= 11 is 0. The minimum atomic E-state index is -0.254. The largest absolute Gasteiger partial charge is 0.489 e. The Labute approximate surface area is 141 Å². The third-order valence-electron chi connectivity index (χ3n) is 4.09. The number of benzene rings is 1. The normalized spacial score (nSPS) is 17.5. The number of nitrogens with zero attached hydrogens (tertiary/aromatic N) is 1. The molecule has 1 fully saturated rings. The fourth-order valence-corrected chi connectivity index (χ4v) is 2.81. The highest BCUT2D eigenvalue weighted by atomic mass is 16.5. The van der Waals surface area contributed by atoms with Crippen molar-refractivity contribution in [2.24, 2.45) is 0 Å². The molecule has 0 radical (unpaired) electrons. The summed E-state index contributed by atoms with van der Waals surface area (Å²) in [6.45, 7) is 4.74. The van der Waals surface area contributed by atoms with Gasteiger partial charge in [-0.15, -0.1) is 0 Å². The zero-order valence-corrected chi connectivity index (χ0v) is 14.0. The van der Waals surface area contributed by atoms with Crippen molar-refractivity contribution in [3.8, 4) is 5.75 Å². The number of hydrogen-bond donors (Lipinski definition) is 1. The smallest absolute Gasteiger partial charge is 0.261 e. The molecular formula is C18H22N2O4. The van der Waals surface area contributed by atoms with Crippen LogP contribution in [-0.2, 0) is 4.74 Å². The first-order chi connectivity index (χ1) is 11.6. The highest BCUT2D eigenvalue weighted by Crippen LogP contribution is 2.26. The first-order valence-electron chi connectivity index (χ1n) is 8.23. The van der Waals surface area contributed by atoms with Crippen molar-refractivity contribution in [2.45, 2.75) is 39.2 Å². The quantitative estimate of drug-likeness (QED) is 0.908. The van der Waals surface area contributed by atoms with Crippen LogP contribution >= 0.6 is 0 Å². The first-order valence-corrected chi connectivity index (χ1v) is 8.23. The molecule has 2 heterocycles. The Kier molecular flexibility index (Phi) is 5.15. The average molecular weight is 330 g/mol. The molecule has 1 atom stereocenters.